The normalized spacial score (nSPS) is 16.7. The molecular weight excluding hydrogens is 182 g/mol. The van der Waals surface area contributed by atoms with Crippen LogP contribution in [-0.2, 0) is 9.47 Å². The van der Waals surface area contributed by atoms with Gasteiger partial charge in [-0.2, -0.15) is 0 Å². The molecule has 4 nitrogen and oxygen atoms in total. The smallest absolute Gasteiger partial charge is 0.116 e. The van der Waals surface area contributed by atoms with Gasteiger partial charge in [0.15, 0.2) is 0 Å². The molecule has 0 rings (SSSR count). The second-order valence-electron chi connectivity index (χ2n) is 4.35. The van der Waals surface area contributed by atoms with Crippen LogP contribution in [0.15, 0.2) is 0 Å². The lowest BCUT2D eigenvalue weighted by molar-refractivity contribution is -0.0718. The molecule has 1 atom stereocenters. The van der Waals surface area contributed by atoms with E-state index in [1.807, 2.05) is 13.8 Å². The average molecular weight is 205 g/mol. The van der Waals surface area contributed by atoms with Crippen molar-refractivity contribution >= 4 is 0 Å². The number of hydrogen-bond acceptors (Lipinski definition) is 4. The molecule has 86 valence electrons. The minimum atomic E-state index is -0.738. The second kappa shape index (κ2) is 5.66. The first-order valence-electron chi connectivity index (χ1n) is 4.92. The molecule has 14 heavy (non-hydrogen) atoms. The molecule has 0 spiro atoms. The minimum Gasteiger partial charge on any atom is -0.396 e. The molecule has 0 saturated carbocycles. The first kappa shape index (κ1) is 13.8. The molecule has 0 fully saturated rings. The van der Waals surface area contributed by atoms with Crippen LogP contribution in [0.2, 0.25) is 0 Å². The number of methoxy groups -OCH3 is 1. The van der Waals surface area contributed by atoms with Gasteiger partial charge in [-0.15, -0.1) is 0 Å². The molecule has 4 heteroatoms. The van der Waals surface area contributed by atoms with Gasteiger partial charge in [0.1, 0.15) is 5.72 Å². The van der Waals surface area contributed by atoms with Gasteiger partial charge in [-0.25, -0.2) is 0 Å². The van der Waals surface area contributed by atoms with Crippen LogP contribution in [0, 0.1) is 0 Å². The van der Waals surface area contributed by atoms with Gasteiger partial charge in [-0.1, -0.05) is 0 Å². The molecule has 0 heterocycles. The predicted octanol–water partition coefficient (Wildman–Crippen LogP) is 0.875. The lowest BCUT2D eigenvalue weighted by Crippen LogP contribution is -2.41. The average Bonchev–Trinajstić information content (AvgIpc) is 2.03. The fraction of sp³-hybridized carbons (Fsp3) is 1.00. The van der Waals surface area contributed by atoms with Crippen molar-refractivity contribution in [2.45, 2.75) is 44.9 Å². The number of hydrogen-bond donors (Lipinski definition) is 2. The number of ether oxygens (including phenoxy) is 2. The van der Waals surface area contributed by atoms with Crippen LogP contribution in [0.1, 0.15) is 33.6 Å². The Morgan fingerprint density at radius 3 is 2.21 bits per heavy atom. The summed E-state index contributed by atoms with van der Waals surface area (Å²) in [5.41, 5.74) is 4.85. The van der Waals surface area contributed by atoms with Gasteiger partial charge in [-0.3, -0.25) is 0 Å². The largest absolute Gasteiger partial charge is 0.396 e. The maximum Gasteiger partial charge on any atom is 0.116 e. The molecule has 0 aromatic heterocycles. The molecule has 0 saturated heterocycles. The van der Waals surface area contributed by atoms with Crippen LogP contribution in [0.3, 0.4) is 0 Å². The van der Waals surface area contributed by atoms with Gasteiger partial charge >= 0.3 is 0 Å². The van der Waals surface area contributed by atoms with Crippen LogP contribution in [0.4, 0.5) is 0 Å². The van der Waals surface area contributed by atoms with Crippen molar-refractivity contribution in [2.24, 2.45) is 5.73 Å². The highest BCUT2D eigenvalue weighted by Gasteiger charge is 2.21. The number of aliphatic hydroxyl groups is 1. The summed E-state index contributed by atoms with van der Waals surface area (Å²) in [5.74, 6) is 0. The van der Waals surface area contributed by atoms with Crippen molar-refractivity contribution in [2.75, 3.05) is 20.3 Å². The molecular formula is C10H23NO3. The summed E-state index contributed by atoms with van der Waals surface area (Å²) >= 11 is 0. The SMILES string of the molecule is COC(C)(C)CCOC(C)(N)CCO. The third kappa shape index (κ3) is 6.32. The van der Waals surface area contributed by atoms with E-state index in [1.165, 1.54) is 0 Å². The molecule has 0 aliphatic carbocycles. The van der Waals surface area contributed by atoms with E-state index in [0.29, 0.717) is 13.0 Å². The van der Waals surface area contributed by atoms with E-state index in [4.69, 9.17) is 20.3 Å². The van der Waals surface area contributed by atoms with Crippen LogP contribution in [-0.4, -0.2) is 36.8 Å². The van der Waals surface area contributed by atoms with Crippen molar-refractivity contribution in [1.29, 1.82) is 0 Å². The van der Waals surface area contributed by atoms with Crippen molar-refractivity contribution < 1.29 is 14.6 Å². The Balaban J connectivity index is 3.73. The van der Waals surface area contributed by atoms with Gasteiger partial charge in [0.25, 0.3) is 0 Å². The Labute approximate surface area is 86.4 Å². The van der Waals surface area contributed by atoms with Gasteiger partial charge < -0.3 is 20.3 Å². The molecule has 0 aromatic carbocycles. The summed E-state index contributed by atoms with van der Waals surface area (Å²) in [6.07, 6.45) is 1.22. The van der Waals surface area contributed by atoms with Crippen LogP contribution >= 0.6 is 0 Å². The van der Waals surface area contributed by atoms with Crippen LogP contribution in [0.5, 0.6) is 0 Å². The van der Waals surface area contributed by atoms with E-state index in [0.717, 1.165) is 6.42 Å². The zero-order valence-electron chi connectivity index (χ0n) is 9.67. The topological polar surface area (TPSA) is 64.7 Å². The quantitative estimate of drug-likeness (QED) is 0.605. The summed E-state index contributed by atoms with van der Waals surface area (Å²) in [6.45, 7) is 6.34. The zero-order valence-corrected chi connectivity index (χ0v) is 9.67. The van der Waals surface area contributed by atoms with Crippen molar-refractivity contribution in [3.63, 3.8) is 0 Å². The van der Waals surface area contributed by atoms with E-state index in [9.17, 15) is 0 Å². The Kier molecular flexibility index (Phi) is 5.59. The van der Waals surface area contributed by atoms with Crippen molar-refractivity contribution in [1.82, 2.24) is 0 Å². The van der Waals surface area contributed by atoms with Crippen molar-refractivity contribution in [3.05, 3.63) is 0 Å². The molecule has 0 aliphatic heterocycles. The maximum atomic E-state index is 8.72. The van der Waals surface area contributed by atoms with Gasteiger partial charge in [-0.05, 0) is 27.2 Å². The van der Waals surface area contributed by atoms with Gasteiger partial charge in [0.05, 0.1) is 12.2 Å². The van der Waals surface area contributed by atoms with Crippen LogP contribution in [0.25, 0.3) is 0 Å². The Morgan fingerprint density at radius 1 is 1.21 bits per heavy atom. The summed E-state index contributed by atoms with van der Waals surface area (Å²) in [6, 6.07) is 0. The standard InChI is InChI=1S/C10H23NO3/c1-9(2,13-4)6-8-14-10(3,11)5-7-12/h12H,5-8,11H2,1-4H3. The predicted molar refractivity (Wildman–Crippen MR) is 56.0 cm³/mol. The Bertz CT molecular complexity index is 157. The minimum absolute atomic E-state index is 0.0423. The summed E-state index contributed by atoms with van der Waals surface area (Å²) in [4.78, 5) is 0. The van der Waals surface area contributed by atoms with E-state index < -0.39 is 5.72 Å². The Morgan fingerprint density at radius 2 is 1.79 bits per heavy atom. The highest BCUT2D eigenvalue weighted by atomic mass is 16.5. The molecule has 0 amide bonds. The van der Waals surface area contributed by atoms with Gasteiger partial charge in [0, 0.05) is 20.1 Å². The molecule has 0 aliphatic rings. The van der Waals surface area contributed by atoms with E-state index in [1.54, 1.807) is 14.0 Å². The number of nitrogens with two attached hydrogens (primary N) is 1. The van der Waals surface area contributed by atoms with E-state index in [2.05, 4.69) is 0 Å². The highest BCUT2D eigenvalue weighted by molar-refractivity contribution is 4.70. The lowest BCUT2D eigenvalue weighted by atomic mass is 10.1. The first-order valence-corrected chi connectivity index (χ1v) is 4.92. The monoisotopic (exact) mass is 205 g/mol. The zero-order chi connectivity index (χ0) is 11.2. The van der Waals surface area contributed by atoms with E-state index in [-0.39, 0.29) is 12.2 Å². The molecule has 1 unspecified atom stereocenters. The first-order chi connectivity index (χ1) is 6.33. The molecule has 0 bridgehead atoms. The van der Waals surface area contributed by atoms with Crippen LogP contribution < -0.4 is 5.73 Å². The van der Waals surface area contributed by atoms with E-state index >= 15 is 0 Å². The summed E-state index contributed by atoms with van der Waals surface area (Å²) in [7, 11) is 1.68. The van der Waals surface area contributed by atoms with Gasteiger partial charge in [0.2, 0.25) is 0 Å². The third-order valence-electron chi connectivity index (χ3n) is 2.30. The summed E-state index contributed by atoms with van der Waals surface area (Å²) < 4.78 is 10.7. The molecule has 0 aromatic rings. The lowest BCUT2D eigenvalue weighted by Gasteiger charge is -2.28. The Hall–Kier alpha value is -0.160. The molecule has 0 radical (unpaired) electrons. The number of rotatable bonds is 7. The fourth-order valence-electron chi connectivity index (χ4n) is 0.926. The highest BCUT2D eigenvalue weighted by Crippen LogP contribution is 2.15. The second-order valence-corrected chi connectivity index (χ2v) is 4.35. The van der Waals surface area contributed by atoms with Crippen molar-refractivity contribution in [3.8, 4) is 0 Å². The number of aliphatic hydroxyl groups excluding tert-OH is 1. The summed E-state index contributed by atoms with van der Waals surface area (Å²) in [5, 5.41) is 8.72. The molecule has 3 N–H and O–H groups in total. The fourth-order valence-corrected chi connectivity index (χ4v) is 0.926. The maximum absolute atomic E-state index is 8.72. The third-order valence-corrected chi connectivity index (χ3v) is 2.30.